The van der Waals surface area contributed by atoms with Gasteiger partial charge in [0.25, 0.3) is 5.56 Å². The summed E-state index contributed by atoms with van der Waals surface area (Å²) in [6.07, 6.45) is 0. The van der Waals surface area contributed by atoms with Crippen molar-refractivity contribution < 1.29 is 4.74 Å². The van der Waals surface area contributed by atoms with Crippen molar-refractivity contribution in [2.75, 3.05) is 7.11 Å². The van der Waals surface area contributed by atoms with E-state index in [1.807, 2.05) is 59.3 Å². The molecule has 0 fully saturated rings. The van der Waals surface area contributed by atoms with Crippen LogP contribution < -0.4 is 10.3 Å². The van der Waals surface area contributed by atoms with Gasteiger partial charge in [-0.25, -0.2) is 4.68 Å². The van der Waals surface area contributed by atoms with Crippen LogP contribution in [0, 0.1) is 13.8 Å². The first-order chi connectivity index (χ1) is 18.0. The summed E-state index contributed by atoms with van der Waals surface area (Å²) in [5.74, 6) is 1.54. The van der Waals surface area contributed by atoms with Crippen LogP contribution in [-0.4, -0.2) is 37.2 Å². The number of methoxy groups -OCH3 is 1. The number of fused-ring (bicyclic) bond motifs is 1. The second-order valence-electron chi connectivity index (χ2n) is 9.38. The molecule has 5 aromatic rings. The van der Waals surface area contributed by atoms with Gasteiger partial charge in [0.1, 0.15) is 5.75 Å². The Hall–Kier alpha value is -4.30. The van der Waals surface area contributed by atoms with E-state index in [-0.39, 0.29) is 5.56 Å². The molecule has 37 heavy (non-hydrogen) atoms. The topological polar surface area (TPSA) is 88.9 Å². The molecule has 188 valence electrons. The lowest BCUT2D eigenvalue weighted by Gasteiger charge is -2.22. The number of aromatic amines is 1. The van der Waals surface area contributed by atoms with E-state index in [1.165, 1.54) is 5.56 Å². The molecule has 0 bridgehead atoms. The first-order valence-corrected chi connectivity index (χ1v) is 12.3. The van der Waals surface area contributed by atoms with Gasteiger partial charge in [-0.05, 0) is 82.2 Å². The molecule has 0 aliphatic heterocycles. The number of benzene rings is 3. The summed E-state index contributed by atoms with van der Waals surface area (Å²) in [6, 6.07) is 24.2. The van der Waals surface area contributed by atoms with Crippen LogP contribution in [-0.2, 0) is 26.2 Å². The molecule has 0 spiro atoms. The van der Waals surface area contributed by atoms with Crippen molar-refractivity contribution in [3.05, 3.63) is 117 Å². The monoisotopic (exact) mass is 494 g/mol. The third-order valence-electron chi connectivity index (χ3n) is 6.64. The fraction of sp³-hybridized carbons (Fsp3) is 0.241. The maximum absolute atomic E-state index is 13.1. The van der Waals surface area contributed by atoms with Crippen LogP contribution in [0.25, 0.3) is 10.9 Å². The van der Waals surface area contributed by atoms with Crippen molar-refractivity contribution in [3.63, 3.8) is 0 Å². The Morgan fingerprint density at radius 3 is 2.41 bits per heavy atom. The molecule has 8 nitrogen and oxygen atoms in total. The van der Waals surface area contributed by atoms with E-state index < -0.39 is 0 Å². The first kappa shape index (κ1) is 24.4. The van der Waals surface area contributed by atoms with Gasteiger partial charge in [-0.15, -0.1) is 5.10 Å². The van der Waals surface area contributed by atoms with E-state index in [0.29, 0.717) is 31.7 Å². The summed E-state index contributed by atoms with van der Waals surface area (Å²) < 4.78 is 7.13. The van der Waals surface area contributed by atoms with Crippen LogP contribution >= 0.6 is 0 Å². The van der Waals surface area contributed by atoms with Gasteiger partial charge in [0.15, 0.2) is 5.82 Å². The van der Waals surface area contributed by atoms with Gasteiger partial charge in [-0.1, -0.05) is 42.5 Å². The number of H-pyrrole nitrogens is 1. The summed E-state index contributed by atoms with van der Waals surface area (Å²) in [7, 11) is 1.66. The molecule has 2 heterocycles. The molecule has 2 aromatic heterocycles. The summed E-state index contributed by atoms with van der Waals surface area (Å²) >= 11 is 0. The number of tetrazole rings is 1. The van der Waals surface area contributed by atoms with Crippen LogP contribution in [0.1, 0.15) is 33.6 Å². The minimum Gasteiger partial charge on any atom is -0.497 e. The number of rotatable bonds is 9. The Morgan fingerprint density at radius 1 is 0.892 bits per heavy atom. The molecule has 0 aliphatic rings. The van der Waals surface area contributed by atoms with E-state index in [1.54, 1.807) is 7.11 Å². The number of hydrogen-bond donors (Lipinski definition) is 1. The molecule has 3 aromatic carbocycles. The normalized spacial score (nSPS) is 11.4. The number of nitrogens with zero attached hydrogens (tertiary/aromatic N) is 5. The highest BCUT2D eigenvalue weighted by atomic mass is 16.5. The minimum atomic E-state index is -0.0839. The van der Waals surface area contributed by atoms with Gasteiger partial charge < -0.3 is 9.72 Å². The summed E-state index contributed by atoms with van der Waals surface area (Å²) in [5, 5.41) is 13.5. The van der Waals surface area contributed by atoms with Gasteiger partial charge >= 0.3 is 0 Å². The Kier molecular flexibility index (Phi) is 7.09. The fourth-order valence-electron chi connectivity index (χ4n) is 4.45. The molecule has 0 atom stereocenters. The van der Waals surface area contributed by atoms with Crippen molar-refractivity contribution >= 4 is 10.9 Å². The lowest BCUT2D eigenvalue weighted by atomic mass is 10.0. The van der Waals surface area contributed by atoms with Crippen molar-refractivity contribution in [1.82, 2.24) is 30.1 Å². The molecule has 0 saturated heterocycles. The maximum atomic E-state index is 13.1. The Balaban J connectivity index is 1.45. The Bertz CT molecular complexity index is 1560. The van der Waals surface area contributed by atoms with Crippen LogP contribution in [0.5, 0.6) is 5.75 Å². The van der Waals surface area contributed by atoms with E-state index in [2.05, 4.69) is 57.5 Å². The number of aryl methyl sites for hydroxylation is 2. The van der Waals surface area contributed by atoms with Gasteiger partial charge in [0, 0.05) is 24.2 Å². The molecule has 0 radical (unpaired) electrons. The third-order valence-corrected chi connectivity index (χ3v) is 6.64. The van der Waals surface area contributed by atoms with Gasteiger partial charge in [0.05, 0.1) is 20.2 Å². The largest absolute Gasteiger partial charge is 0.497 e. The van der Waals surface area contributed by atoms with Crippen molar-refractivity contribution in [2.45, 2.75) is 40.0 Å². The molecule has 5 rings (SSSR count). The standard InChI is InChI=1S/C29H30N6O2/c1-20-13-24-15-25(29(36)30-27(24)14-21(20)2)18-34(16-23-9-11-26(37-3)12-10-23)19-28-31-32-33-35(28)17-22-7-5-4-6-8-22/h4-15H,16-19H2,1-3H3,(H,30,36). The van der Waals surface area contributed by atoms with E-state index in [0.717, 1.165) is 39.2 Å². The zero-order valence-corrected chi connectivity index (χ0v) is 21.3. The Morgan fingerprint density at radius 2 is 1.65 bits per heavy atom. The highest BCUT2D eigenvalue weighted by Gasteiger charge is 2.16. The second kappa shape index (κ2) is 10.8. The molecule has 8 heteroatoms. The van der Waals surface area contributed by atoms with Crippen molar-refractivity contribution in [2.24, 2.45) is 0 Å². The number of hydrogen-bond acceptors (Lipinski definition) is 6. The summed E-state index contributed by atoms with van der Waals surface area (Å²) in [6.45, 7) is 6.26. The average molecular weight is 495 g/mol. The summed E-state index contributed by atoms with van der Waals surface area (Å²) in [4.78, 5) is 18.3. The fourth-order valence-corrected chi connectivity index (χ4v) is 4.45. The first-order valence-electron chi connectivity index (χ1n) is 12.3. The molecular weight excluding hydrogens is 464 g/mol. The molecule has 0 unspecified atom stereocenters. The molecule has 0 aliphatic carbocycles. The van der Waals surface area contributed by atoms with Gasteiger partial charge in [-0.3, -0.25) is 9.69 Å². The number of nitrogens with one attached hydrogen (secondary N) is 1. The van der Waals surface area contributed by atoms with Crippen LogP contribution in [0.4, 0.5) is 0 Å². The predicted molar refractivity (Wildman–Crippen MR) is 143 cm³/mol. The van der Waals surface area contributed by atoms with Crippen LogP contribution in [0.3, 0.4) is 0 Å². The maximum Gasteiger partial charge on any atom is 0.252 e. The highest BCUT2D eigenvalue weighted by molar-refractivity contribution is 5.80. The number of pyridine rings is 1. The molecule has 0 saturated carbocycles. The zero-order chi connectivity index (χ0) is 25.8. The SMILES string of the molecule is COc1ccc(CN(Cc2cc3cc(C)c(C)cc3[nH]c2=O)Cc2nnnn2Cc2ccccc2)cc1. The van der Waals surface area contributed by atoms with Crippen molar-refractivity contribution in [1.29, 1.82) is 0 Å². The smallest absolute Gasteiger partial charge is 0.252 e. The van der Waals surface area contributed by atoms with Crippen LogP contribution in [0.15, 0.2) is 77.6 Å². The highest BCUT2D eigenvalue weighted by Crippen LogP contribution is 2.20. The van der Waals surface area contributed by atoms with E-state index in [4.69, 9.17) is 4.74 Å². The number of aromatic nitrogens is 5. The quantitative estimate of drug-likeness (QED) is 0.327. The van der Waals surface area contributed by atoms with Crippen LogP contribution in [0.2, 0.25) is 0 Å². The summed E-state index contributed by atoms with van der Waals surface area (Å²) in [5.41, 5.74) is 6.04. The molecular formula is C29H30N6O2. The Labute approximate surface area is 215 Å². The number of ether oxygens (including phenoxy) is 1. The zero-order valence-electron chi connectivity index (χ0n) is 21.3. The lowest BCUT2D eigenvalue weighted by molar-refractivity contribution is 0.236. The third kappa shape index (κ3) is 5.76. The second-order valence-corrected chi connectivity index (χ2v) is 9.38. The predicted octanol–water partition coefficient (Wildman–Crippen LogP) is 4.39. The van der Waals surface area contributed by atoms with Gasteiger partial charge in [-0.2, -0.15) is 0 Å². The van der Waals surface area contributed by atoms with Gasteiger partial charge in [0.2, 0.25) is 0 Å². The van der Waals surface area contributed by atoms with Crippen molar-refractivity contribution in [3.8, 4) is 5.75 Å². The lowest BCUT2D eigenvalue weighted by Crippen LogP contribution is -2.28. The van der Waals surface area contributed by atoms with E-state index in [9.17, 15) is 4.79 Å². The minimum absolute atomic E-state index is 0.0839. The van der Waals surface area contributed by atoms with E-state index >= 15 is 0 Å². The molecule has 0 amide bonds. The average Bonchev–Trinajstić information content (AvgIpc) is 3.33. The molecule has 1 N–H and O–H groups in total.